The summed E-state index contributed by atoms with van der Waals surface area (Å²) >= 11 is 0. The molecule has 0 unspecified atom stereocenters. The average Bonchev–Trinajstić information content (AvgIpc) is 3.44. The van der Waals surface area contributed by atoms with Crippen molar-refractivity contribution >= 4 is 22.9 Å². The van der Waals surface area contributed by atoms with Gasteiger partial charge in [-0.15, -0.1) is 0 Å². The molecule has 31 heavy (non-hydrogen) atoms. The first-order chi connectivity index (χ1) is 15.2. The van der Waals surface area contributed by atoms with E-state index in [-0.39, 0.29) is 0 Å². The lowest BCUT2D eigenvalue weighted by atomic mass is 10.0. The van der Waals surface area contributed by atoms with Crippen molar-refractivity contribution in [2.45, 2.75) is 6.54 Å². The fourth-order valence-electron chi connectivity index (χ4n) is 3.56. The van der Waals surface area contributed by atoms with E-state index in [1.807, 2.05) is 35.3 Å². The number of allylic oxidation sites excluding steroid dienone is 1. The molecule has 162 valence electrons. The van der Waals surface area contributed by atoms with Crippen LogP contribution < -0.4 is 5.73 Å². The molecule has 3 heterocycles. The van der Waals surface area contributed by atoms with Crippen LogP contribution in [0, 0.1) is 0 Å². The Morgan fingerprint density at radius 2 is 2.19 bits per heavy atom. The number of aromatic amines is 1. The Morgan fingerprint density at radius 3 is 2.97 bits per heavy atom. The molecule has 4 rings (SSSR count). The quantitative estimate of drug-likeness (QED) is 0.328. The summed E-state index contributed by atoms with van der Waals surface area (Å²) in [6.45, 7) is 8.50. The zero-order valence-corrected chi connectivity index (χ0v) is 17.6. The number of aromatic nitrogens is 4. The Hall–Kier alpha value is -3.43. The fourth-order valence-corrected chi connectivity index (χ4v) is 3.56. The van der Waals surface area contributed by atoms with E-state index in [9.17, 15) is 0 Å². The topological polar surface area (TPSA) is 107 Å². The van der Waals surface area contributed by atoms with Crippen LogP contribution >= 0.6 is 0 Å². The summed E-state index contributed by atoms with van der Waals surface area (Å²) in [5.41, 5.74) is 10.9. The smallest absolute Gasteiger partial charge is 0.118 e. The number of hydrogen-bond acceptors (Lipinski definition) is 6. The minimum Gasteiger partial charge on any atom is -0.390 e. The molecule has 0 spiro atoms. The summed E-state index contributed by atoms with van der Waals surface area (Å²) in [4.78, 5) is 6.54. The van der Waals surface area contributed by atoms with Crippen molar-refractivity contribution in [2.24, 2.45) is 10.7 Å². The monoisotopic (exact) mass is 421 g/mol. The van der Waals surface area contributed by atoms with Gasteiger partial charge in [-0.2, -0.15) is 10.2 Å². The molecule has 1 aliphatic heterocycles. The number of morpholine rings is 1. The van der Waals surface area contributed by atoms with Gasteiger partial charge in [-0.1, -0.05) is 12.6 Å². The maximum atomic E-state index is 5.64. The zero-order valence-electron chi connectivity index (χ0n) is 17.6. The van der Waals surface area contributed by atoms with Crippen molar-refractivity contribution in [1.82, 2.24) is 24.9 Å². The molecule has 0 amide bonds. The van der Waals surface area contributed by atoms with E-state index >= 15 is 0 Å². The van der Waals surface area contributed by atoms with E-state index in [1.54, 1.807) is 7.11 Å². The molecule has 3 aromatic rings. The number of nitrogens with zero attached hydrogens (tertiary/aromatic N) is 5. The Bertz CT molecular complexity index is 1110. The predicted molar refractivity (Wildman–Crippen MR) is 121 cm³/mol. The first kappa shape index (κ1) is 20.8. The van der Waals surface area contributed by atoms with Gasteiger partial charge in [0.25, 0.3) is 0 Å². The molecule has 0 bridgehead atoms. The number of fused-ring (bicyclic) bond motifs is 1. The molecular weight excluding hydrogens is 394 g/mol. The largest absolute Gasteiger partial charge is 0.390 e. The SMILES string of the molecule is C=C(/C=C(\N=C/N)c1n[nH]c2ccc(-c3cnn(CCOC)c3)cc12)N1CCOCC1. The molecule has 0 saturated carbocycles. The van der Waals surface area contributed by atoms with Gasteiger partial charge in [0, 0.05) is 43.0 Å². The molecule has 2 aromatic heterocycles. The number of benzene rings is 1. The standard InChI is InChI=1S/C22H27N7O2/c1-16(28-5-9-31-10-6-28)11-21(24-15-23)22-19-12-17(3-4-20(19)26-27-22)18-13-25-29(14-18)7-8-30-2/h3-4,11-15H,1,5-10H2,2H3,(H2,23,24)(H,26,27)/b21-11-. The fraction of sp³-hybridized carbons (Fsp3) is 0.318. The first-order valence-corrected chi connectivity index (χ1v) is 10.2. The Kier molecular flexibility index (Phi) is 6.44. The van der Waals surface area contributed by atoms with Crippen molar-refractivity contribution in [3.8, 4) is 11.1 Å². The molecule has 0 aliphatic carbocycles. The van der Waals surface area contributed by atoms with Gasteiger partial charge in [-0.3, -0.25) is 9.78 Å². The molecule has 9 nitrogen and oxygen atoms in total. The summed E-state index contributed by atoms with van der Waals surface area (Å²) in [6, 6.07) is 6.14. The van der Waals surface area contributed by atoms with Crippen LogP contribution in [0.2, 0.25) is 0 Å². The summed E-state index contributed by atoms with van der Waals surface area (Å²) in [5, 5.41) is 13.0. The summed E-state index contributed by atoms with van der Waals surface area (Å²) in [7, 11) is 1.68. The number of hydrogen-bond donors (Lipinski definition) is 2. The number of nitrogens with two attached hydrogens (primary N) is 1. The predicted octanol–water partition coefficient (Wildman–Crippen LogP) is 2.25. The van der Waals surface area contributed by atoms with Crippen LogP contribution in [0.5, 0.6) is 0 Å². The minimum atomic E-state index is 0.615. The second-order valence-corrected chi connectivity index (χ2v) is 7.22. The number of H-pyrrole nitrogens is 1. The second kappa shape index (κ2) is 9.59. The third-order valence-electron chi connectivity index (χ3n) is 5.23. The van der Waals surface area contributed by atoms with E-state index in [1.165, 1.54) is 6.34 Å². The van der Waals surface area contributed by atoms with Crippen LogP contribution in [-0.2, 0) is 16.0 Å². The van der Waals surface area contributed by atoms with Crippen molar-refractivity contribution in [2.75, 3.05) is 40.0 Å². The molecule has 3 N–H and O–H groups in total. The van der Waals surface area contributed by atoms with E-state index in [2.05, 4.69) is 37.8 Å². The molecule has 1 aromatic carbocycles. The average molecular weight is 422 g/mol. The highest BCUT2D eigenvalue weighted by Gasteiger charge is 2.15. The third-order valence-corrected chi connectivity index (χ3v) is 5.23. The Labute approximate surface area is 180 Å². The first-order valence-electron chi connectivity index (χ1n) is 10.2. The van der Waals surface area contributed by atoms with Gasteiger partial charge in [0.05, 0.1) is 50.1 Å². The molecule has 9 heteroatoms. The van der Waals surface area contributed by atoms with Crippen molar-refractivity contribution < 1.29 is 9.47 Å². The number of methoxy groups -OCH3 is 1. The van der Waals surface area contributed by atoms with Crippen LogP contribution in [0.4, 0.5) is 0 Å². The number of aliphatic imine (C=N–C) groups is 1. The van der Waals surface area contributed by atoms with E-state index in [0.717, 1.165) is 46.5 Å². The highest BCUT2D eigenvalue weighted by atomic mass is 16.5. The van der Waals surface area contributed by atoms with Crippen LogP contribution in [0.1, 0.15) is 5.69 Å². The highest BCUT2D eigenvalue weighted by Crippen LogP contribution is 2.29. The maximum Gasteiger partial charge on any atom is 0.118 e. The number of rotatable bonds is 8. The maximum absolute atomic E-state index is 5.64. The zero-order chi connectivity index (χ0) is 21.6. The van der Waals surface area contributed by atoms with Crippen molar-refractivity contribution in [1.29, 1.82) is 0 Å². The molecule has 1 fully saturated rings. The Balaban J connectivity index is 1.67. The van der Waals surface area contributed by atoms with Crippen LogP contribution in [0.25, 0.3) is 27.7 Å². The molecular formula is C22H27N7O2. The minimum absolute atomic E-state index is 0.615. The van der Waals surface area contributed by atoms with E-state index < -0.39 is 0 Å². The lowest BCUT2D eigenvalue weighted by Gasteiger charge is -2.29. The molecule has 1 aliphatic rings. The van der Waals surface area contributed by atoms with E-state index in [4.69, 9.17) is 15.2 Å². The summed E-state index contributed by atoms with van der Waals surface area (Å²) in [6.07, 6.45) is 7.06. The van der Waals surface area contributed by atoms with E-state index in [0.29, 0.717) is 32.1 Å². The summed E-state index contributed by atoms with van der Waals surface area (Å²) in [5.74, 6) is 0. The molecule has 0 radical (unpaired) electrons. The third kappa shape index (κ3) is 4.68. The number of nitrogens with one attached hydrogen (secondary N) is 1. The van der Waals surface area contributed by atoms with Gasteiger partial charge in [0.15, 0.2) is 0 Å². The summed E-state index contributed by atoms with van der Waals surface area (Å²) < 4.78 is 12.4. The van der Waals surface area contributed by atoms with Gasteiger partial charge in [0.1, 0.15) is 5.69 Å². The van der Waals surface area contributed by atoms with Crippen molar-refractivity contribution in [3.63, 3.8) is 0 Å². The van der Waals surface area contributed by atoms with Crippen LogP contribution in [-0.4, -0.2) is 71.2 Å². The lowest BCUT2D eigenvalue weighted by Crippen LogP contribution is -2.34. The van der Waals surface area contributed by atoms with Gasteiger partial charge in [0.2, 0.25) is 0 Å². The lowest BCUT2D eigenvalue weighted by molar-refractivity contribution is 0.0556. The normalized spacial score (nSPS) is 15.3. The van der Waals surface area contributed by atoms with Crippen LogP contribution in [0.15, 0.2) is 53.9 Å². The van der Waals surface area contributed by atoms with Crippen LogP contribution in [0.3, 0.4) is 0 Å². The van der Waals surface area contributed by atoms with Gasteiger partial charge in [-0.25, -0.2) is 4.99 Å². The molecule has 1 saturated heterocycles. The highest BCUT2D eigenvalue weighted by molar-refractivity contribution is 5.94. The number of ether oxygens (including phenoxy) is 2. The van der Waals surface area contributed by atoms with Crippen molar-refractivity contribution in [3.05, 3.63) is 54.6 Å². The van der Waals surface area contributed by atoms with Gasteiger partial charge < -0.3 is 20.1 Å². The van der Waals surface area contributed by atoms with Gasteiger partial charge in [-0.05, 0) is 23.8 Å². The van der Waals surface area contributed by atoms with Gasteiger partial charge >= 0.3 is 0 Å². The second-order valence-electron chi connectivity index (χ2n) is 7.22. The molecule has 0 atom stereocenters. The Morgan fingerprint density at radius 1 is 1.35 bits per heavy atom.